The van der Waals surface area contributed by atoms with Crippen molar-refractivity contribution in [3.8, 4) is 0 Å². The number of ether oxygens (including phenoxy) is 1. The van der Waals surface area contributed by atoms with E-state index < -0.39 is 0 Å². The normalized spacial score (nSPS) is 32.4. The first kappa shape index (κ1) is 13.8. The van der Waals surface area contributed by atoms with Crippen LogP contribution in [0.15, 0.2) is 0 Å². The van der Waals surface area contributed by atoms with Crippen molar-refractivity contribution in [3.63, 3.8) is 0 Å². The van der Waals surface area contributed by atoms with Gasteiger partial charge in [-0.1, -0.05) is 20.3 Å². The average Bonchev–Trinajstić information content (AvgIpc) is 2.97. The molecule has 1 N–H and O–H groups in total. The number of hydrogen-bond donors (Lipinski definition) is 1. The molecule has 0 aromatic carbocycles. The van der Waals surface area contributed by atoms with Gasteiger partial charge in [-0.25, -0.2) is 0 Å². The van der Waals surface area contributed by atoms with E-state index in [-0.39, 0.29) is 12.2 Å². The maximum absolute atomic E-state index is 12.3. The van der Waals surface area contributed by atoms with Crippen LogP contribution in [0.1, 0.15) is 52.4 Å². The summed E-state index contributed by atoms with van der Waals surface area (Å²) in [5, 5.41) is 3.45. The number of nitrogens with one attached hydrogen (secondary N) is 1. The molecule has 4 nitrogen and oxygen atoms in total. The summed E-state index contributed by atoms with van der Waals surface area (Å²) in [6, 6.07) is 0.0458. The standard InChI is InChI=1S/C14H26N2O2/c1-3-6-12-14(17)16(13(4-2)15-12)9-8-11-7-5-10-18-11/h11-13,15H,3-10H2,1-2H3. The molecule has 0 saturated carbocycles. The highest BCUT2D eigenvalue weighted by molar-refractivity contribution is 5.84. The van der Waals surface area contributed by atoms with E-state index in [1.165, 1.54) is 6.42 Å². The molecule has 2 saturated heterocycles. The fourth-order valence-corrected chi connectivity index (χ4v) is 3.00. The molecule has 2 fully saturated rings. The Hall–Kier alpha value is -0.610. The summed E-state index contributed by atoms with van der Waals surface area (Å²) in [6.07, 6.45) is 6.92. The highest BCUT2D eigenvalue weighted by Crippen LogP contribution is 2.20. The fraction of sp³-hybridized carbons (Fsp3) is 0.929. The Bertz CT molecular complexity index is 277. The molecular formula is C14H26N2O2. The fourth-order valence-electron chi connectivity index (χ4n) is 3.00. The summed E-state index contributed by atoms with van der Waals surface area (Å²) >= 11 is 0. The number of hydrogen-bond acceptors (Lipinski definition) is 3. The molecule has 0 radical (unpaired) electrons. The van der Waals surface area contributed by atoms with Crippen LogP contribution < -0.4 is 5.32 Å². The van der Waals surface area contributed by atoms with Gasteiger partial charge in [-0.2, -0.15) is 0 Å². The molecule has 2 heterocycles. The van der Waals surface area contributed by atoms with E-state index in [1.807, 2.05) is 4.90 Å². The average molecular weight is 254 g/mol. The maximum Gasteiger partial charge on any atom is 0.241 e. The first-order chi connectivity index (χ1) is 8.76. The second-order valence-electron chi connectivity index (χ2n) is 5.39. The smallest absolute Gasteiger partial charge is 0.241 e. The van der Waals surface area contributed by atoms with E-state index in [4.69, 9.17) is 4.74 Å². The van der Waals surface area contributed by atoms with E-state index in [0.29, 0.717) is 12.0 Å². The van der Waals surface area contributed by atoms with E-state index in [9.17, 15) is 4.79 Å². The number of carbonyl (C=O) groups excluding carboxylic acids is 1. The van der Waals surface area contributed by atoms with E-state index >= 15 is 0 Å². The minimum atomic E-state index is 0.0458. The predicted molar refractivity (Wildman–Crippen MR) is 71.2 cm³/mol. The van der Waals surface area contributed by atoms with Crippen LogP contribution in [0, 0.1) is 0 Å². The SMILES string of the molecule is CCCC1NC(CC)N(CCC2CCCO2)C1=O. The molecular weight excluding hydrogens is 228 g/mol. The predicted octanol–water partition coefficient (Wildman–Crippen LogP) is 1.89. The highest BCUT2D eigenvalue weighted by atomic mass is 16.5. The Morgan fingerprint density at radius 1 is 1.39 bits per heavy atom. The van der Waals surface area contributed by atoms with Crippen LogP contribution in [-0.4, -0.2) is 42.3 Å². The van der Waals surface area contributed by atoms with Gasteiger partial charge in [0.25, 0.3) is 0 Å². The van der Waals surface area contributed by atoms with Gasteiger partial charge in [0, 0.05) is 13.2 Å². The van der Waals surface area contributed by atoms with Crippen molar-refractivity contribution in [3.05, 3.63) is 0 Å². The molecule has 2 rings (SSSR count). The van der Waals surface area contributed by atoms with Gasteiger partial charge >= 0.3 is 0 Å². The van der Waals surface area contributed by atoms with Crippen LogP contribution in [-0.2, 0) is 9.53 Å². The second-order valence-corrected chi connectivity index (χ2v) is 5.39. The number of carbonyl (C=O) groups is 1. The zero-order valence-corrected chi connectivity index (χ0v) is 11.7. The van der Waals surface area contributed by atoms with Crippen molar-refractivity contribution in [2.24, 2.45) is 0 Å². The Labute approximate surface area is 110 Å². The highest BCUT2D eigenvalue weighted by Gasteiger charge is 2.37. The first-order valence-corrected chi connectivity index (χ1v) is 7.44. The summed E-state index contributed by atoms with van der Waals surface area (Å²) in [5.74, 6) is 0.293. The van der Waals surface area contributed by atoms with Crippen molar-refractivity contribution < 1.29 is 9.53 Å². The quantitative estimate of drug-likeness (QED) is 0.787. The summed E-state index contributed by atoms with van der Waals surface area (Å²) in [7, 11) is 0. The Morgan fingerprint density at radius 3 is 2.83 bits per heavy atom. The molecule has 0 bridgehead atoms. The number of amides is 1. The lowest BCUT2D eigenvalue weighted by atomic mass is 10.1. The molecule has 18 heavy (non-hydrogen) atoms. The second kappa shape index (κ2) is 6.53. The van der Waals surface area contributed by atoms with Gasteiger partial charge in [-0.05, 0) is 32.1 Å². The van der Waals surface area contributed by atoms with E-state index in [1.54, 1.807) is 0 Å². The van der Waals surface area contributed by atoms with Crippen molar-refractivity contribution in [1.29, 1.82) is 0 Å². The number of rotatable bonds is 6. The molecule has 104 valence electrons. The summed E-state index contributed by atoms with van der Waals surface area (Å²) in [6.45, 7) is 6.00. The van der Waals surface area contributed by atoms with Gasteiger partial charge in [0.2, 0.25) is 5.91 Å². The molecule has 0 aromatic heterocycles. The van der Waals surface area contributed by atoms with Crippen LogP contribution in [0.25, 0.3) is 0 Å². The van der Waals surface area contributed by atoms with Gasteiger partial charge < -0.3 is 9.64 Å². The molecule has 0 spiro atoms. The molecule has 4 heteroatoms. The molecule has 2 aliphatic heterocycles. The van der Waals surface area contributed by atoms with Crippen LogP contribution in [0.4, 0.5) is 0 Å². The van der Waals surface area contributed by atoms with Crippen molar-refractivity contribution in [2.45, 2.75) is 70.7 Å². The van der Waals surface area contributed by atoms with Crippen LogP contribution in [0.2, 0.25) is 0 Å². The van der Waals surface area contributed by atoms with Crippen LogP contribution in [0.5, 0.6) is 0 Å². The minimum absolute atomic E-state index is 0.0458. The largest absolute Gasteiger partial charge is 0.378 e. The summed E-state index contributed by atoms with van der Waals surface area (Å²) < 4.78 is 5.63. The van der Waals surface area contributed by atoms with Gasteiger partial charge in [0.15, 0.2) is 0 Å². The van der Waals surface area contributed by atoms with E-state index in [0.717, 1.165) is 45.3 Å². The minimum Gasteiger partial charge on any atom is -0.378 e. The van der Waals surface area contributed by atoms with Crippen molar-refractivity contribution >= 4 is 5.91 Å². The molecule has 3 atom stereocenters. The molecule has 0 aromatic rings. The lowest BCUT2D eigenvalue weighted by Gasteiger charge is -2.24. The lowest BCUT2D eigenvalue weighted by Crippen LogP contribution is -2.38. The zero-order chi connectivity index (χ0) is 13.0. The third-order valence-electron chi connectivity index (χ3n) is 4.03. The Morgan fingerprint density at radius 2 is 2.22 bits per heavy atom. The van der Waals surface area contributed by atoms with Crippen molar-refractivity contribution in [1.82, 2.24) is 10.2 Å². The number of nitrogens with zero attached hydrogens (tertiary/aromatic N) is 1. The van der Waals surface area contributed by atoms with Crippen LogP contribution in [0.3, 0.4) is 0 Å². The zero-order valence-electron chi connectivity index (χ0n) is 11.7. The van der Waals surface area contributed by atoms with Crippen LogP contribution >= 0.6 is 0 Å². The third kappa shape index (κ3) is 3.04. The van der Waals surface area contributed by atoms with Gasteiger partial charge in [0.05, 0.1) is 18.3 Å². The Balaban J connectivity index is 1.86. The van der Waals surface area contributed by atoms with E-state index in [2.05, 4.69) is 19.2 Å². The molecule has 3 unspecified atom stereocenters. The van der Waals surface area contributed by atoms with Gasteiger partial charge in [-0.3, -0.25) is 10.1 Å². The monoisotopic (exact) mass is 254 g/mol. The topological polar surface area (TPSA) is 41.6 Å². The summed E-state index contributed by atoms with van der Waals surface area (Å²) in [5.41, 5.74) is 0. The molecule has 1 amide bonds. The summed E-state index contributed by atoms with van der Waals surface area (Å²) in [4.78, 5) is 14.3. The van der Waals surface area contributed by atoms with Gasteiger partial charge in [0.1, 0.15) is 0 Å². The molecule has 2 aliphatic rings. The Kier molecular flexibility index (Phi) is 5.01. The maximum atomic E-state index is 12.3. The lowest BCUT2D eigenvalue weighted by molar-refractivity contribution is -0.130. The van der Waals surface area contributed by atoms with Gasteiger partial charge in [-0.15, -0.1) is 0 Å². The first-order valence-electron chi connectivity index (χ1n) is 7.44. The molecule has 0 aliphatic carbocycles. The van der Waals surface area contributed by atoms with Crippen molar-refractivity contribution in [2.75, 3.05) is 13.2 Å². The third-order valence-corrected chi connectivity index (χ3v) is 4.03.